The van der Waals surface area contributed by atoms with E-state index in [1.807, 2.05) is 94.7 Å². The normalized spacial score (nSPS) is 20.1. The van der Waals surface area contributed by atoms with E-state index in [-0.39, 0.29) is 22.6 Å². The lowest BCUT2D eigenvalue weighted by atomic mass is 10.1. The summed E-state index contributed by atoms with van der Waals surface area (Å²) in [5, 5.41) is 1.13. The molecule has 4 aromatic rings. The number of rotatable bonds is 7. The molecule has 44 heavy (non-hydrogen) atoms. The molecule has 222 valence electrons. The van der Waals surface area contributed by atoms with Gasteiger partial charge < -0.3 is 4.90 Å². The number of thioether (sulfide) groups is 2. The number of hydrogen-bond donors (Lipinski definition) is 0. The Morgan fingerprint density at radius 2 is 1.23 bits per heavy atom. The third-order valence-corrected chi connectivity index (χ3v) is 10.8. The summed E-state index contributed by atoms with van der Waals surface area (Å²) in [4.78, 5) is 36.6. The van der Waals surface area contributed by atoms with Crippen LogP contribution in [-0.2, 0) is 16.1 Å². The van der Waals surface area contributed by atoms with Crippen molar-refractivity contribution in [2.75, 3.05) is 34.4 Å². The van der Waals surface area contributed by atoms with E-state index >= 15 is 0 Å². The molecular formula is C34H28Cl2N4O2S2. The van der Waals surface area contributed by atoms with Gasteiger partial charge in [0.05, 0.1) is 18.1 Å². The summed E-state index contributed by atoms with van der Waals surface area (Å²) in [7, 11) is 0. The number of carbonyl (C=O) groups excluding carboxylic acids is 2. The predicted molar refractivity (Wildman–Crippen MR) is 183 cm³/mol. The van der Waals surface area contributed by atoms with E-state index in [0.29, 0.717) is 28.1 Å². The van der Waals surface area contributed by atoms with Gasteiger partial charge in [-0.25, -0.2) is 0 Å². The molecule has 3 aliphatic rings. The standard InChI is InChI=1S/C34H28Cl2N4O2S2/c35-26-5-1-3-24(17-26)33-39(30(41)20-43-33)28-11-7-22(8-12-28)19-38-16-15-37-32(38)23-9-13-29(14-10-23)40-31(42)21-44-34(40)25-4-2-6-27(36)18-25/h1-14,17-18,33-34H,15-16,19-21H2. The molecule has 2 amide bonds. The first-order valence-electron chi connectivity index (χ1n) is 14.3. The molecule has 0 aromatic heterocycles. The minimum Gasteiger partial charge on any atom is -0.350 e. The van der Waals surface area contributed by atoms with Crippen molar-refractivity contribution < 1.29 is 9.59 Å². The van der Waals surface area contributed by atoms with Crippen LogP contribution in [0.1, 0.15) is 33.0 Å². The van der Waals surface area contributed by atoms with Crippen molar-refractivity contribution in [3.05, 3.63) is 129 Å². The predicted octanol–water partition coefficient (Wildman–Crippen LogP) is 7.81. The Hall–Kier alpha value is -3.43. The maximum Gasteiger partial charge on any atom is 0.238 e. The van der Waals surface area contributed by atoms with Gasteiger partial charge in [-0.1, -0.05) is 59.6 Å². The Morgan fingerprint density at radius 1 is 0.705 bits per heavy atom. The molecule has 0 aliphatic carbocycles. The highest BCUT2D eigenvalue weighted by atomic mass is 35.5. The van der Waals surface area contributed by atoms with Crippen LogP contribution < -0.4 is 9.80 Å². The second-order valence-electron chi connectivity index (χ2n) is 10.8. The highest BCUT2D eigenvalue weighted by molar-refractivity contribution is 8.01. The van der Waals surface area contributed by atoms with Crippen LogP contribution in [0.25, 0.3) is 0 Å². The molecule has 0 radical (unpaired) electrons. The van der Waals surface area contributed by atoms with Gasteiger partial charge in [0.1, 0.15) is 16.6 Å². The first kappa shape index (κ1) is 29.3. The zero-order valence-electron chi connectivity index (χ0n) is 23.6. The lowest BCUT2D eigenvalue weighted by molar-refractivity contribution is -0.116. The van der Waals surface area contributed by atoms with Crippen LogP contribution >= 0.6 is 46.7 Å². The third-order valence-electron chi connectivity index (χ3n) is 7.93. The van der Waals surface area contributed by atoms with E-state index in [4.69, 9.17) is 28.2 Å². The van der Waals surface area contributed by atoms with E-state index in [9.17, 15) is 9.59 Å². The van der Waals surface area contributed by atoms with Gasteiger partial charge in [-0.2, -0.15) is 0 Å². The second kappa shape index (κ2) is 12.5. The quantitative estimate of drug-likeness (QED) is 0.203. The molecule has 10 heteroatoms. The van der Waals surface area contributed by atoms with Gasteiger partial charge in [-0.05, 0) is 77.4 Å². The van der Waals surface area contributed by atoms with Crippen LogP contribution in [0.5, 0.6) is 0 Å². The second-order valence-corrected chi connectivity index (χ2v) is 13.8. The zero-order valence-corrected chi connectivity index (χ0v) is 26.8. The summed E-state index contributed by atoms with van der Waals surface area (Å²) in [6.45, 7) is 2.27. The van der Waals surface area contributed by atoms with Crippen LogP contribution in [0.15, 0.2) is 102 Å². The Kier molecular flexibility index (Phi) is 8.33. The van der Waals surface area contributed by atoms with Crippen molar-refractivity contribution in [3.63, 3.8) is 0 Å². The lowest BCUT2D eigenvalue weighted by Gasteiger charge is -2.26. The molecule has 2 atom stereocenters. The van der Waals surface area contributed by atoms with Gasteiger partial charge in [-0.3, -0.25) is 24.4 Å². The van der Waals surface area contributed by atoms with E-state index in [1.165, 1.54) is 0 Å². The number of halogens is 2. The molecule has 7 rings (SSSR count). The number of hydrogen-bond acceptors (Lipinski definition) is 6. The molecule has 2 unspecified atom stereocenters. The van der Waals surface area contributed by atoms with E-state index < -0.39 is 0 Å². The maximum absolute atomic E-state index is 12.9. The molecule has 3 aliphatic heterocycles. The molecule has 4 aromatic carbocycles. The molecule has 2 saturated heterocycles. The summed E-state index contributed by atoms with van der Waals surface area (Å²) >= 11 is 15.7. The van der Waals surface area contributed by atoms with Crippen molar-refractivity contribution in [1.82, 2.24) is 4.90 Å². The van der Waals surface area contributed by atoms with E-state index in [0.717, 1.165) is 52.6 Å². The number of nitrogens with zero attached hydrogens (tertiary/aromatic N) is 4. The van der Waals surface area contributed by atoms with E-state index in [1.54, 1.807) is 23.5 Å². The Labute approximate surface area is 275 Å². The maximum atomic E-state index is 12.9. The molecule has 0 N–H and O–H groups in total. The summed E-state index contributed by atoms with van der Waals surface area (Å²) in [6.07, 6.45) is 0. The lowest BCUT2D eigenvalue weighted by Crippen LogP contribution is -2.29. The van der Waals surface area contributed by atoms with Gasteiger partial charge in [0.15, 0.2) is 0 Å². The minimum absolute atomic E-state index is 0.0871. The third kappa shape index (κ3) is 5.84. The van der Waals surface area contributed by atoms with Gasteiger partial charge >= 0.3 is 0 Å². The summed E-state index contributed by atoms with van der Waals surface area (Å²) in [5.41, 5.74) is 5.94. The molecule has 2 fully saturated rings. The Morgan fingerprint density at radius 3 is 1.75 bits per heavy atom. The van der Waals surface area contributed by atoms with Gasteiger partial charge in [0, 0.05) is 40.1 Å². The van der Waals surface area contributed by atoms with Crippen LogP contribution in [0, 0.1) is 0 Å². The first-order chi connectivity index (χ1) is 21.4. The average molecular weight is 660 g/mol. The van der Waals surface area contributed by atoms with Crippen LogP contribution in [-0.4, -0.2) is 47.1 Å². The molecule has 3 heterocycles. The van der Waals surface area contributed by atoms with Crippen LogP contribution in [0.3, 0.4) is 0 Å². The Balaban J connectivity index is 1.05. The summed E-state index contributed by atoms with van der Waals surface area (Å²) < 4.78 is 0. The molecule has 6 nitrogen and oxygen atoms in total. The average Bonchev–Trinajstić information content (AvgIpc) is 3.76. The monoisotopic (exact) mass is 658 g/mol. The fourth-order valence-corrected chi connectivity index (χ4v) is 8.62. The van der Waals surface area contributed by atoms with Crippen molar-refractivity contribution in [3.8, 4) is 0 Å². The van der Waals surface area contributed by atoms with Gasteiger partial charge in [0.25, 0.3) is 0 Å². The number of carbonyl (C=O) groups is 2. The van der Waals surface area contributed by atoms with Crippen molar-refractivity contribution >= 4 is 75.8 Å². The number of amidine groups is 1. The molecule has 0 saturated carbocycles. The summed E-state index contributed by atoms with van der Waals surface area (Å²) in [6, 6.07) is 31.8. The largest absolute Gasteiger partial charge is 0.350 e. The highest BCUT2D eigenvalue weighted by Gasteiger charge is 2.35. The minimum atomic E-state index is -0.106. The number of amides is 2. The van der Waals surface area contributed by atoms with Crippen molar-refractivity contribution in [2.24, 2.45) is 4.99 Å². The van der Waals surface area contributed by atoms with Gasteiger partial charge in [0.2, 0.25) is 11.8 Å². The number of aliphatic imine (C=N–C) groups is 1. The summed E-state index contributed by atoms with van der Waals surface area (Å²) in [5.74, 6) is 2.00. The topological polar surface area (TPSA) is 56.2 Å². The molecule has 0 spiro atoms. The fourth-order valence-electron chi connectivity index (χ4n) is 5.88. The number of anilines is 2. The Bertz CT molecular complexity index is 1750. The van der Waals surface area contributed by atoms with Crippen LogP contribution in [0.4, 0.5) is 11.4 Å². The van der Waals surface area contributed by atoms with Crippen molar-refractivity contribution in [2.45, 2.75) is 17.3 Å². The molecule has 0 bridgehead atoms. The highest BCUT2D eigenvalue weighted by Crippen LogP contribution is 2.43. The fraction of sp³-hybridized carbons (Fsp3) is 0.206. The van der Waals surface area contributed by atoms with Gasteiger partial charge in [-0.15, -0.1) is 23.5 Å². The van der Waals surface area contributed by atoms with Crippen LogP contribution in [0.2, 0.25) is 10.0 Å². The van der Waals surface area contributed by atoms with Crippen molar-refractivity contribution in [1.29, 1.82) is 0 Å². The zero-order chi connectivity index (χ0) is 30.2. The SMILES string of the molecule is O=C1CSC(c2cccc(Cl)c2)N1c1ccc(CN2CCN=C2c2ccc(N3C(=O)CSC3c3cccc(Cl)c3)cc2)cc1. The first-order valence-corrected chi connectivity index (χ1v) is 17.2. The van der Waals surface area contributed by atoms with E-state index in [2.05, 4.69) is 17.0 Å². The molecular weight excluding hydrogens is 631 g/mol. The number of benzene rings is 4. The smallest absolute Gasteiger partial charge is 0.238 e.